The second-order valence-corrected chi connectivity index (χ2v) is 4.92. The molecule has 132 valence electrons. The van der Waals surface area contributed by atoms with Crippen LogP contribution in [0.4, 0.5) is 20.1 Å². The van der Waals surface area contributed by atoms with Gasteiger partial charge in [0, 0.05) is 31.9 Å². The molecule has 2 N–H and O–H groups in total. The Hall–Kier alpha value is -2.04. The van der Waals surface area contributed by atoms with Crippen molar-refractivity contribution in [1.29, 1.82) is 0 Å². The highest BCUT2D eigenvalue weighted by molar-refractivity contribution is 14.0. The molecule has 1 aromatic carbocycles. The van der Waals surface area contributed by atoms with E-state index in [9.17, 15) is 14.4 Å². The molecular formula is C15H21IN4O4. The molecule has 5 amide bonds. The maximum Gasteiger partial charge on any atom is 0.409 e. The van der Waals surface area contributed by atoms with Gasteiger partial charge in [-0.1, -0.05) is 18.2 Å². The van der Waals surface area contributed by atoms with Crippen LogP contribution in [0, 0.1) is 0 Å². The molecular weight excluding hydrogens is 427 g/mol. The van der Waals surface area contributed by atoms with Crippen LogP contribution in [0.1, 0.15) is 6.92 Å². The third-order valence-corrected chi connectivity index (χ3v) is 3.35. The van der Waals surface area contributed by atoms with Crippen LogP contribution in [0.3, 0.4) is 0 Å². The van der Waals surface area contributed by atoms with E-state index in [0.29, 0.717) is 38.5 Å². The Morgan fingerprint density at radius 2 is 1.62 bits per heavy atom. The highest BCUT2D eigenvalue weighted by Crippen LogP contribution is 2.06. The largest absolute Gasteiger partial charge is 0.450 e. The first kappa shape index (κ1) is 20.0. The zero-order valence-corrected chi connectivity index (χ0v) is 15.7. The number of carbonyl (C=O) groups is 3. The van der Waals surface area contributed by atoms with E-state index in [0.717, 1.165) is 0 Å². The van der Waals surface area contributed by atoms with Crippen LogP contribution >= 0.6 is 24.0 Å². The number of amides is 5. The molecule has 8 nitrogen and oxygen atoms in total. The minimum atomic E-state index is -0.589. The van der Waals surface area contributed by atoms with Crippen LogP contribution in [-0.4, -0.2) is 60.7 Å². The average molecular weight is 448 g/mol. The highest BCUT2D eigenvalue weighted by atomic mass is 127. The number of hydrogen-bond donors (Lipinski definition) is 2. The first-order chi connectivity index (χ1) is 11.1. The summed E-state index contributed by atoms with van der Waals surface area (Å²) in [6, 6.07) is 7.77. The van der Waals surface area contributed by atoms with Crippen molar-refractivity contribution in [3.63, 3.8) is 0 Å². The molecule has 0 atom stereocenters. The van der Waals surface area contributed by atoms with Gasteiger partial charge in [0.25, 0.3) is 0 Å². The fraction of sp³-hybridized carbons (Fsp3) is 0.400. The summed E-state index contributed by atoms with van der Waals surface area (Å²) in [5.74, 6) is 0. The van der Waals surface area contributed by atoms with Gasteiger partial charge >= 0.3 is 18.2 Å². The van der Waals surface area contributed by atoms with Crippen molar-refractivity contribution in [1.82, 2.24) is 15.1 Å². The van der Waals surface area contributed by atoms with Crippen LogP contribution in [0.25, 0.3) is 0 Å². The number of benzene rings is 1. The van der Waals surface area contributed by atoms with Gasteiger partial charge in [-0.15, -0.1) is 24.0 Å². The SMILES string of the molecule is CCOC(=O)N1CCN(C(=O)NC(=O)Nc2ccccc2)CC1.I. The normalized spacial score (nSPS) is 13.5. The number of ether oxygens (including phenoxy) is 1. The van der Waals surface area contributed by atoms with E-state index in [1.54, 1.807) is 31.2 Å². The van der Waals surface area contributed by atoms with Crippen molar-refractivity contribution in [2.75, 3.05) is 38.1 Å². The first-order valence-electron chi connectivity index (χ1n) is 7.44. The number of para-hydroxylation sites is 1. The molecule has 0 bridgehead atoms. The van der Waals surface area contributed by atoms with Crippen molar-refractivity contribution in [2.45, 2.75) is 6.92 Å². The van der Waals surface area contributed by atoms with Gasteiger partial charge < -0.3 is 19.9 Å². The lowest BCUT2D eigenvalue weighted by molar-refractivity contribution is 0.0855. The second-order valence-electron chi connectivity index (χ2n) is 4.92. The third-order valence-electron chi connectivity index (χ3n) is 3.35. The second kappa shape index (κ2) is 9.96. The van der Waals surface area contributed by atoms with Gasteiger partial charge in [-0.2, -0.15) is 0 Å². The van der Waals surface area contributed by atoms with E-state index in [2.05, 4.69) is 10.6 Å². The Balaban J connectivity index is 0.00000288. The van der Waals surface area contributed by atoms with E-state index in [4.69, 9.17) is 4.74 Å². The van der Waals surface area contributed by atoms with Crippen LogP contribution < -0.4 is 10.6 Å². The Bertz CT molecular complexity index is 562. The molecule has 0 unspecified atom stereocenters. The molecule has 1 heterocycles. The molecule has 0 aliphatic carbocycles. The number of hydrogen-bond acceptors (Lipinski definition) is 4. The van der Waals surface area contributed by atoms with Gasteiger partial charge in [0.2, 0.25) is 0 Å². The lowest BCUT2D eigenvalue weighted by Gasteiger charge is -2.33. The quantitative estimate of drug-likeness (QED) is 0.680. The molecule has 0 spiro atoms. The smallest absolute Gasteiger partial charge is 0.409 e. The number of anilines is 1. The van der Waals surface area contributed by atoms with Crippen molar-refractivity contribution in [2.24, 2.45) is 0 Å². The van der Waals surface area contributed by atoms with Crippen molar-refractivity contribution < 1.29 is 19.1 Å². The Kier molecular flexibility index (Phi) is 8.30. The minimum Gasteiger partial charge on any atom is -0.450 e. The van der Waals surface area contributed by atoms with Crippen LogP contribution in [-0.2, 0) is 4.74 Å². The van der Waals surface area contributed by atoms with Crippen LogP contribution in [0.2, 0.25) is 0 Å². The van der Waals surface area contributed by atoms with Gasteiger partial charge in [-0.3, -0.25) is 5.32 Å². The summed E-state index contributed by atoms with van der Waals surface area (Å²) in [6.45, 7) is 3.53. The zero-order chi connectivity index (χ0) is 16.7. The Morgan fingerprint density at radius 1 is 1.04 bits per heavy atom. The lowest BCUT2D eigenvalue weighted by atomic mass is 10.3. The summed E-state index contributed by atoms with van der Waals surface area (Å²) >= 11 is 0. The van der Waals surface area contributed by atoms with Crippen molar-refractivity contribution in [3.05, 3.63) is 30.3 Å². The lowest BCUT2D eigenvalue weighted by Crippen LogP contribution is -2.54. The van der Waals surface area contributed by atoms with Gasteiger partial charge in [0.05, 0.1) is 6.61 Å². The standard InChI is InChI=1S/C15H20N4O4.HI/c1-2-23-15(22)19-10-8-18(9-11-19)14(21)17-13(20)16-12-6-4-3-5-7-12;/h3-7H,2,8-11H2,1H3,(H2,16,17,20,21);1H. The number of nitrogens with zero attached hydrogens (tertiary/aromatic N) is 2. The maximum absolute atomic E-state index is 12.0. The predicted octanol–water partition coefficient (Wildman–Crippen LogP) is 2.32. The van der Waals surface area contributed by atoms with Crippen molar-refractivity contribution in [3.8, 4) is 0 Å². The molecule has 0 saturated carbocycles. The Morgan fingerprint density at radius 3 is 2.21 bits per heavy atom. The average Bonchev–Trinajstić information content (AvgIpc) is 2.56. The highest BCUT2D eigenvalue weighted by Gasteiger charge is 2.25. The first-order valence-corrected chi connectivity index (χ1v) is 7.44. The molecule has 1 saturated heterocycles. The fourth-order valence-corrected chi connectivity index (χ4v) is 2.17. The van der Waals surface area contributed by atoms with Crippen molar-refractivity contribution >= 4 is 47.8 Å². The number of halogens is 1. The summed E-state index contributed by atoms with van der Waals surface area (Å²) in [7, 11) is 0. The molecule has 0 radical (unpaired) electrons. The molecule has 24 heavy (non-hydrogen) atoms. The van der Waals surface area contributed by atoms with Gasteiger partial charge in [-0.25, -0.2) is 14.4 Å². The molecule has 1 aliphatic rings. The molecule has 1 aliphatic heterocycles. The van der Waals surface area contributed by atoms with E-state index in [1.165, 1.54) is 9.80 Å². The van der Waals surface area contributed by atoms with Crippen LogP contribution in [0.5, 0.6) is 0 Å². The number of imide groups is 1. The number of urea groups is 2. The number of piperazine rings is 1. The summed E-state index contributed by atoms with van der Waals surface area (Å²) < 4.78 is 4.91. The Labute approximate surface area is 157 Å². The van der Waals surface area contributed by atoms with E-state index >= 15 is 0 Å². The van der Waals surface area contributed by atoms with Gasteiger partial charge in [0.15, 0.2) is 0 Å². The molecule has 0 aromatic heterocycles. The number of rotatable bonds is 2. The molecule has 2 rings (SSSR count). The maximum atomic E-state index is 12.0. The molecule has 1 fully saturated rings. The zero-order valence-electron chi connectivity index (χ0n) is 13.4. The number of nitrogens with one attached hydrogen (secondary N) is 2. The minimum absolute atomic E-state index is 0. The molecule has 1 aromatic rings. The summed E-state index contributed by atoms with van der Waals surface area (Å²) in [5, 5.41) is 4.84. The fourth-order valence-electron chi connectivity index (χ4n) is 2.17. The van der Waals surface area contributed by atoms with E-state index in [1.807, 2.05) is 6.07 Å². The third kappa shape index (κ3) is 5.87. The molecule has 9 heteroatoms. The van der Waals surface area contributed by atoms with Gasteiger partial charge in [-0.05, 0) is 19.1 Å². The number of carbonyl (C=O) groups excluding carboxylic acids is 3. The summed E-state index contributed by atoms with van der Waals surface area (Å²) in [6.07, 6.45) is -0.380. The predicted molar refractivity (Wildman–Crippen MR) is 99.6 cm³/mol. The summed E-state index contributed by atoms with van der Waals surface area (Å²) in [5.41, 5.74) is 0.602. The topological polar surface area (TPSA) is 91.0 Å². The summed E-state index contributed by atoms with van der Waals surface area (Å²) in [4.78, 5) is 38.4. The van der Waals surface area contributed by atoms with E-state index in [-0.39, 0.29) is 30.1 Å². The van der Waals surface area contributed by atoms with Gasteiger partial charge in [0.1, 0.15) is 0 Å². The van der Waals surface area contributed by atoms with E-state index < -0.39 is 12.1 Å². The monoisotopic (exact) mass is 448 g/mol. The van der Waals surface area contributed by atoms with Crippen LogP contribution in [0.15, 0.2) is 30.3 Å².